The first kappa shape index (κ1) is 14.7. The number of rotatable bonds is 5. The van der Waals surface area contributed by atoms with Gasteiger partial charge in [0, 0.05) is 6.92 Å². The number of hydrogen-bond donors (Lipinski definition) is 0. The van der Waals surface area contributed by atoms with Crippen molar-refractivity contribution < 1.29 is 9.53 Å². The number of Topliss-reactive ketones (excluding diaryl/α,β-unsaturated/α-hetero) is 1. The minimum absolute atomic E-state index is 0.0767. The van der Waals surface area contributed by atoms with E-state index in [1.165, 1.54) is 16.9 Å². The average molecular weight is 289 g/mol. The standard InChI is InChI=1S/C16H19NO2S/c1-10(2)15-16(12(4)18)20-14(17-15)9-19-13-7-5-11(3)6-8-13/h5-8,10H,9H2,1-4H3. The molecule has 2 aromatic rings. The lowest BCUT2D eigenvalue weighted by Gasteiger charge is -2.04. The fraction of sp³-hybridized carbons (Fsp3) is 0.375. The van der Waals surface area contributed by atoms with E-state index in [4.69, 9.17) is 4.74 Å². The van der Waals surface area contributed by atoms with Gasteiger partial charge in [0.2, 0.25) is 0 Å². The highest BCUT2D eigenvalue weighted by Gasteiger charge is 2.17. The highest BCUT2D eigenvalue weighted by atomic mass is 32.1. The lowest BCUT2D eigenvalue weighted by atomic mass is 10.1. The molecule has 20 heavy (non-hydrogen) atoms. The van der Waals surface area contributed by atoms with Crippen LogP contribution in [0.25, 0.3) is 0 Å². The first-order valence-corrected chi connectivity index (χ1v) is 7.49. The molecule has 2 rings (SSSR count). The molecule has 0 atom stereocenters. The summed E-state index contributed by atoms with van der Waals surface area (Å²) in [5.41, 5.74) is 2.08. The number of ketones is 1. The van der Waals surface area contributed by atoms with Crippen LogP contribution in [0.5, 0.6) is 5.75 Å². The predicted octanol–water partition coefficient (Wildman–Crippen LogP) is 4.36. The van der Waals surface area contributed by atoms with Crippen LogP contribution in [0.3, 0.4) is 0 Å². The third-order valence-electron chi connectivity index (χ3n) is 2.95. The maximum atomic E-state index is 11.6. The van der Waals surface area contributed by atoms with Gasteiger partial charge in [-0.2, -0.15) is 0 Å². The van der Waals surface area contributed by atoms with Crippen LogP contribution in [0, 0.1) is 6.92 Å². The zero-order valence-corrected chi connectivity index (χ0v) is 13.1. The zero-order chi connectivity index (χ0) is 14.7. The molecule has 4 heteroatoms. The fourth-order valence-electron chi connectivity index (χ4n) is 1.86. The maximum Gasteiger partial charge on any atom is 0.171 e. The van der Waals surface area contributed by atoms with Crippen molar-refractivity contribution in [2.45, 2.75) is 40.2 Å². The molecule has 0 radical (unpaired) electrons. The molecule has 0 fully saturated rings. The third kappa shape index (κ3) is 3.45. The summed E-state index contributed by atoms with van der Waals surface area (Å²) >= 11 is 1.43. The highest BCUT2D eigenvalue weighted by molar-refractivity contribution is 7.13. The van der Waals surface area contributed by atoms with Crippen molar-refractivity contribution in [3.63, 3.8) is 0 Å². The van der Waals surface area contributed by atoms with Crippen LogP contribution in [0.2, 0.25) is 0 Å². The molecule has 0 saturated carbocycles. The summed E-state index contributed by atoms with van der Waals surface area (Å²) in [6.45, 7) is 8.13. The summed E-state index contributed by atoms with van der Waals surface area (Å²) in [5.74, 6) is 1.15. The first-order chi connectivity index (χ1) is 9.47. The molecule has 1 heterocycles. The molecule has 0 aliphatic heterocycles. The molecule has 0 aliphatic carbocycles. The number of ether oxygens (including phenoxy) is 1. The second kappa shape index (κ2) is 6.18. The Bertz CT molecular complexity index is 599. The Labute approximate surface area is 123 Å². The number of benzene rings is 1. The molecule has 3 nitrogen and oxygen atoms in total. The molecule has 0 spiro atoms. The van der Waals surface area contributed by atoms with Crippen LogP contribution in [0.4, 0.5) is 0 Å². The molecule has 106 valence electrons. The summed E-state index contributed by atoms with van der Waals surface area (Å²) in [6.07, 6.45) is 0. The van der Waals surface area contributed by atoms with Crippen LogP contribution in [-0.4, -0.2) is 10.8 Å². The van der Waals surface area contributed by atoms with E-state index in [0.717, 1.165) is 21.3 Å². The van der Waals surface area contributed by atoms with Crippen molar-refractivity contribution in [3.05, 3.63) is 45.4 Å². The minimum atomic E-state index is 0.0767. The van der Waals surface area contributed by atoms with E-state index in [2.05, 4.69) is 4.98 Å². The highest BCUT2D eigenvalue weighted by Crippen LogP contribution is 2.26. The Balaban J connectivity index is 2.12. The third-order valence-corrected chi connectivity index (χ3v) is 4.09. The molecule has 1 aromatic heterocycles. The quantitative estimate of drug-likeness (QED) is 0.768. The van der Waals surface area contributed by atoms with Gasteiger partial charge in [0.1, 0.15) is 17.4 Å². The smallest absolute Gasteiger partial charge is 0.171 e. The van der Waals surface area contributed by atoms with Crippen molar-refractivity contribution >= 4 is 17.1 Å². The molecular formula is C16H19NO2S. The van der Waals surface area contributed by atoms with Gasteiger partial charge < -0.3 is 4.74 Å². The van der Waals surface area contributed by atoms with Crippen LogP contribution in [0.1, 0.15) is 52.6 Å². The Morgan fingerprint density at radius 1 is 1.30 bits per heavy atom. The van der Waals surface area contributed by atoms with Crippen molar-refractivity contribution in [1.82, 2.24) is 4.98 Å². The number of carbonyl (C=O) groups excluding carboxylic acids is 1. The minimum Gasteiger partial charge on any atom is -0.486 e. The maximum absolute atomic E-state index is 11.6. The lowest BCUT2D eigenvalue weighted by Crippen LogP contribution is -1.98. The number of thiazole rings is 1. The van der Waals surface area contributed by atoms with E-state index in [1.54, 1.807) is 6.92 Å². The van der Waals surface area contributed by atoms with E-state index >= 15 is 0 Å². The van der Waals surface area contributed by atoms with Crippen molar-refractivity contribution in [2.75, 3.05) is 0 Å². The average Bonchev–Trinajstić information content (AvgIpc) is 2.83. The number of hydrogen-bond acceptors (Lipinski definition) is 4. The van der Waals surface area contributed by atoms with Crippen LogP contribution < -0.4 is 4.74 Å². The summed E-state index contributed by atoms with van der Waals surface area (Å²) in [4.78, 5) is 16.9. The van der Waals surface area contributed by atoms with Gasteiger partial charge in [-0.25, -0.2) is 4.98 Å². The molecule has 0 aliphatic rings. The Morgan fingerprint density at radius 3 is 2.45 bits per heavy atom. The molecule has 1 aromatic carbocycles. The first-order valence-electron chi connectivity index (χ1n) is 6.67. The van der Waals surface area contributed by atoms with Crippen LogP contribution >= 0.6 is 11.3 Å². The fourth-order valence-corrected chi connectivity index (χ4v) is 2.89. The normalized spacial score (nSPS) is 10.8. The molecular weight excluding hydrogens is 270 g/mol. The molecule has 0 amide bonds. The van der Waals surface area contributed by atoms with Gasteiger partial charge in [0.15, 0.2) is 5.78 Å². The van der Waals surface area contributed by atoms with Crippen molar-refractivity contribution in [3.8, 4) is 5.75 Å². The number of aromatic nitrogens is 1. The summed E-state index contributed by atoms with van der Waals surface area (Å²) in [6, 6.07) is 7.91. The van der Waals surface area contributed by atoms with E-state index < -0.39 is 0 Å². The topological polar surface area (TPSA) is 39.2 Å². The summed E-state index contributed by atoms with van der Waals surface area (Å²) in [7, 11) is 0. The van der Waals surface area contributed by atoms with Gasteiger partial charge in [-0.15, -0.1) is 11.3 Å². The predicted molar refractivity (Wildman–Crippen MR) is 81.7 cm³/mol. The Kier molecular flexibility index (Phi) is 4.55. The molecule has 0 N–H and O–H groups in total. The number of nitrogens with zero attached hydrogens (tertiary/aromatic N) is 1. The van der Waals surface area contributed by atoms with Gasteiger partial charge in [0.05, 0.1) is 10.6 Å². The molecule has 0 unspecified atom stereocenters. The van der Waals surface area contributed by atoms with Crippen molar-refractivity contribution in [2.24, 2.45) is 0 Å². The molecule has 0 bridgehead atoms. The van der Waals surface area contributed by atoms with Gasteiger partial charge in [-0.1, -0.05) is 31.5 Å². The van der Waals surface area contributed by atoms with Crippen molar-refractivity contribution in [1.29, 1.82) is 0 Å². The summed E-state index contributed by atoms with van der Waals surface area (Å²) < 4.78 is 5.71. The van der Waals surface area contributed by atoms with E-state index in [-0.39, 0.29) is 11.7 Å². The van der Waals surface area contributed by atoms with E-state index in [1.807, 2.05) is 45.0 Å². The van der Waals surface area contributed by atoms with Gasteiger partial charge in [-0.3, -0.25) is 4.79 Å². The monoisotopic (exact) mass is 289 g/mol. The lowest BCUT2D eigenvalue weighted by molar-refractivity contribution is 0.102. The van der Waals surface area contributed by atoms with E-state index in [0.29, 0.717) is 6.61 Å². The number of carbonyl (C=O) groups is 1. The largest absolute Gasteiger partial charge is 0.486 e. The Hall–Kier alpha value is -1.68. The van der Waals surface area contributed by atoms with Gasteiger partial charge in [-0.05, 0) is 25.0 Å². The van der Waals surface area contributed by atoms with Gasteiger partial charge in [0.25, 0.3) is 0 Å². The molecule has 0 saturated heterocycles. The SMILES string of the molecule is CC(=O)c1sc(COc2ccc(C)cc2)nc1C(C)C. The van der Waals surface area contributed by atoms with Crippen LogP contribution in [0.15, 0.2) is 24.3 Å². The van der Waals surface area contributed by atoms with Crippen LogP contribution in [-0.2, 0) is 6.61 Å². The zero-order valence-electron chi connectivity index (χ0n) is 12.3. The van der Waals surface area contributed by atoms with Gasteiger partial charge >= 0.3 is 0 Å². The second-order valence-corrected chi connectivity index (χ2v) is 6.22. The number of aryl methyl sites for hydroxylation is 1. The Morgan fingerprint density at radius 2 is 1.95 bits per heavy atom. The van der Waals surface area contributed by atoms with E-state index in [9.17, 15) is 4.79 Å². The second-order valence-electron chi connectivity index (χ2n) is 5.13. The summed E-state index contributed by atoms with van der Waals surface area (Å²) in [5, 5.41) is 0.847.